The Labute approximate surface area is 195 Å². The van der Waals surface area contributed by atoms with Gasteiger partial charge >= 0.3 is 0 Å². The predicted octanol–water partition coefficient (Wildman–Crippen LogP) is 4.68. The fraction of sp³-hybridized carbons (Fsp3) is 0.619. The van der Waals surface area contributed by atoms with E-state index in [4.69, 9.17) is 9.41 Å². The van der Waals surface area contributed by atoms with Gasteiger partial charge in [0.2, 0.25) is 0 Å². The van der Waals surface area contributed by atoms with Crippen LogP contribution in [0.3, 0.4) is 0 Å². The fourth-order valence-electron chi connectivity index (χ4n) is 3.44. The number of halogens is 1. The Morgan fingerprint density at radius 2 is 2.03 bits per heavy atom. The molecule has 29 heavy (non-hydrogen) atoms. The minimum Gasteiger partial charge on any atom is -0.465 e. The third kappa shape index (κ3) is 6.96. The van der Waals surface area contributed by atoms with E-state index in [9.17, 15) is 0 Å². The van der Waals surface area contributed by atoms with E-state index in [0.29, 0.717) is 12.5 Å². The molecule has 0 radical (unpaired) electrons. The SMILES string of the molecule is CCNC(=NCc1nc(C(C)C)cs1)NCC(c1ccc(C)o1)N1CCCC1.I. The highest BCUT2D eigenvalue weighted by molar-refractivity contribution is 14.0. The van der Waals surface area contributed by atoms with Crippen molar-refractivity contribution < 1.29 is 4.42 Å². The highest BCUT2D eigenvalue weighted by atomic mass is 127. The highest BCUT2D eigenvalue weighted by Crippen LogP contribution is 2.26. The van der Waals surface area contributed by atoms with Crippen molar-refractivity contribution in [1.82, 2.24) is 20.5 Å². The third-order valence-corrected chi connectivity index (χ3v) is 5.86. The number of nitrogens with one attached hydrogen (secondary N) is 2. The number of nitrogens with zero attached hydrogens (tertiary/aromatic N) is 3. The summed E-state index contributed by atoms with van der Waals surface area (Å²) in [5.41, 5.74) is 1.15. The molecule has 3 heterocycles. The first kappa shape index (κ1) is 24.1. The Kier molecular flexibility index (Phi) is 9.91. The Balaban J connectivity index is 0.00000300. The molecule has 1 atom stereocenters. The molecular formula is C21H34IN5OS. The molecule has 0 amide bonds. The zero-order chi connectivity index (χ0) is 19.9. The van der Waals surface area contributed by atoms with Gasteiger partial charge in [-0.1, -0.05) is 13.8 Å². The lowest BCUT2D eigenvalue weighted by Crippen LogP contribution is -2.42. The smallest absolute Gasteiger partial charge is 0.191 e. The van der Waals surface area contributed by atoms with E-state index in [-0.39, 0.29) is 30.0 Å². The Morgan fingerprint density at radius 3 is 2.62 bits per heavy atom. The number of likely N-dealkylation sites (tertiary alicyclic amines) is 1. The molecule has 1 aliphatic heterocycles. The molecule has 162 valence electrons. The van der Waals surface area contributed by atoms with Crippen LogP contribution in [0.25, 0.3) is 0 Å². The van der Waals surface area contributed by atoms with E-state index >= 15 is 0 Å². The minimum absolute atomic E-state index is 0. The summed E-state index contributed by atoms with van der Waals surface area (Å²) in [5, 5.41) is 10.1. The number of hydrogen-bond acceptors (Lipinski definition) is 5. The normalized spacial score (nSPS) is 16.1. The minimum atomic E-state index is 0. The topological polar surface area (TPSA) is 65.7 Å². The monoisotopic (exact) mass is 531 g/mol. The summed E-state index contributed by atoms with van der Waals surface area (Å²) in [6.07, 6.45) is 2.51. The van der Waals surface area contributed by atoms with Gasteiger partial charge in [0.1, 0.15) is 16.5 Å². The molecule has 0 spiro atoms. The van der Waals surface area contributed by atoms with E-state index in [1.54, 1.807) is 11.3 Å². The number of rotatable bonds is 8. The zero-order valence-electron chi connectivity index (χ0n) is 17.9. The first-order valence-corrected chi connectivity index (χ1v) is 11.2. The van der Waals surface area contributed by atoms with Crippen LogP contribution in [0.5, 0.6) is 0 Å². The van der Waals surface area contributed by atoms with Gasteiger partial charge in [-0.2, -0.15) is 0 Å². The highest BCUT2D eigenvalue weighted by Gasteiger charge is 2.26. The maximum absolute atomic E-state index is 5.95. The predicted molar refractivity (Wildman–Crippen MR) is 131 cm³/mol. The Morgan fingerprint density at radius 1 is 1.28 bits per heavy atom. The van der Waals surface area contributed by atoms with Crippen LogP contribution < -0.4 is 10.6 Å². The molecule has 0 aliphatic carbocycles. The van der Waals surface area contributed by atoms with Crippen LogP contribution in [0.2, 0.25) is 0 Å². The van der Waals surface area contributed by atoms with Gasteiger partial charge < -0.3 is 15.1 Å². The molecule has 1 saturated heterocycles. The summed E-state index contributed by atoms with van der Waals surface area (Å²) < 4.78 is 5.95. The molecule has 0 bridgehead atoms. The number of furan rings is 1. The molecule has 2 aromatic rings. The lowest BCUT2D eigenvalue weighted by Gasteiger charge is -2.26. The van der Waals surface area contributed by atoms with Gasteiger partial charge in [0.15, 0.2) is 5.96 Å². The number of hydrogen-bond donors (Lipinski definition) is 2. The van der Waals surface area contributed by atoms with Crippen LogP contribution in [0, 0.1) is 6.92 Å². The number of aromatic nitrogens is 1. The molecule has 6 nitrogen and oxygen atoms in total. The van der Waals surface area contributed by atoms with Crippen molar-refractivity contribution in [2.45, 2.75) is 59.0 Å². The van der Waals surface area contributed by atoms with Gasteiger partial charge in [-0.05, 0) is 57.8 Å². The van der Waals surface area contributed by atoms with Crippen LogP contribution in [0.4, 0.5) is 0 Å². The quantitative estimate of drug-likeness (QED) is 0.294. The summed E-state index contributed by atoms with van der Waals surface area (Å²) in [4.78, 5) is 11.9. The molecule has 8 heteroatoms. The van der Waals surface area contributed by atoms with E-state index in [1.165, 1.54) is 12.8 Å². The average Bonchev–Trinajstić information content (AvgIpc) is 3.42. The fourth-order valence-corrected chi connectivity index (χ4v) is 4.32. The first-order valence-electron chi connectivity index (χ1n) is 10.3. The van der Waals surface area contributed by atoms with Gasteiger partial charge in [-0.15, -0.1) is 35.3 Å². The molecule has 0 aromatic carbocycles. The van der Waals surface area contributed by atoms with E-state index in [2.05, 4.69) is 52.7 Å². The number of aliphatic imine (C=N–C) groups is 1. The molecule has 2 N–H and O–H groups in total. The molecule has 1 fully saturated rings. The van der Waals surface area contributed by atoms with Gasteiger partial charge in [0.05, 0.1) is 18.3 Å². The van der Waals surface area contributed by atoms with E-state index in [0.717, 1.165) is 54.4 Å². The summed E-state index contributed by atoms with van der Waals surface area (Å²) >= 11 is 1.69. The van der Waals surface area contributed by atoms with Crippen LogP contribution in [0.1, 0.15) is 67.8 Å². The van der Waals surface area contributed by atoms with Crippen LogP contribution in [-0.4, -0.2) is 42.0 Å². The lowest BCUT2D eigenvalue weighted by molar-refractivity contribution is 0.213. The lowest BCUT2D eigenvalue weighted by atomic mass is 10.2. The van der Waals surface area contributed by atoms with Crippen molar-refractivity contribution in [2.24, 2.45) is 4.99 Å². The molecule has 0 saturated carbocycles. The second kappa shape index (κ2) is 11.9. The number of thiazole rings is 1. The van der Waals surface area contributed by atoms with Crippen LogP contribution in [-0.2, 0) is 6.54 Å². The molecule has 2 aromatic heterocycles. The van der Waals surface area contributed by atoms with Gasteiger partial charge in [0.25, 0.3) is 0 Å². The Bertz CT molecular complexity index is 767. The van der Waals surface area contributed by atoms with Crippen molar-refractivity contribution >= 4 is 41.3 Å². The van der Waals surface area contributed by atoms with Crippen molar-refractivity contribution in [1.29, 1.82) is 0 Å². The average molecular weight is 532 g/mol. The summed E-state index contributed by atoms with van der Waals surface area (Å²) in [6, 6.07) is 4.38. The van der Waals surface area contributed by atoms with Gasteiger partial charge in [-0.3, -0.25) is 4.90 Å². The van der Waals surface area contributed by atoms with E-state index < -0.39 is 0 Å². The van der Waals surface area contributed by atoms with Crippen molar-refractivity contribution in [3.63, 3.8) is 0 Å². The summed E-state index contributed by atoms with van der Waals surface area (Å²) in [6.45, 7) is 12.9. The molecule has 1 aliphatic rings. The standard InChI is InChI=1S/C21H33N5OS.HI/c1-5-22-21(24-13-20-25-17(14-28-20)15(2)3)23-12-18(26-10-6-7-11-26)19-9-8-16(4)27-19;/h8-9,14-15,18H,5-7,10-13H2,1-4H3,(H2,22,23,24);1H. The second-order valence-corrected chi connectivity index (χ2v) is 8.55. The largest absolute Gasteiger partial charge is 0.465 e. The maximum Gasteiger partial charge on any atom is 0.191 e. The van der Waals surface area contributed by atoms with Crippen LogP contribution in [0.15, 0.2) is 26.9 Å². The van der Waals surface area contributed by atoms with E-state index in [1.807, 2.05) is 13.0 Å². The molecule has 3 rings (SSSR count). The number of aryl methyl sites for hydroxylation is 1. The van der Waals surface area contributed by atoms with Gasteiger partial charge in [0, 0.05) is 18.5 Å². The van der Waals surface area contributed by atoms with Crippen molar-refractivity contribution in [2.75, 3.05) is 26.2 Å². The molecular weight excluding hydrogens is 497 g/mol. The summed E-state index contributed by atoms with van der Waals surface area (Å²) in [5.74, 6) is 3.28. The van der Waals surface area contributed by atoms with Gasteiger partial charge in [-0.25, -0.2) is 9.98 Å². The summed E-state index contributed by atoms with van der Waals surface area (Å²) in [7, 11) is 0. The van der Waals surface area contributed by atoms with Crippen LogP contribution >= 0.6 is 35.3 Å². The number of guanidine groups is 1. The Hall–Kier alpha value is -1.13. The van der Waals surface area contributed by atoms with Crippen molar-refractivity contribution in [3.8, 4) is 0 Å². The second-order valence-electron chi connectivity index (χ2n) is 7.60. The van der Waals surface area contributed by atoms with Crippen molar-refractivity contribution in [3.05, 3.63) is 39.7 Å². The molecule has 1 unspecified atom stereocenters. The first-order chi connectivity index (χ1) is 13.6. The zero-order valence-corrected chi connectivity index (χ0v) is 21.0. The third-order valence-electron chi connectivity index (χ3n) is 5.01. The maximum atomic E-state index is 5.95.